The van der Waals surface area contributed by atoms with Crippen LogP contribution in [-0.2, 0) is 10.0 Å². The number of rotatable bonds is 4. The van der Waals surface area contributed by atoms with Crippen molar-refractivity contribution in [2.75, 3.05) is 0 Å². The van der Waals surface area contributed by atoms with Gasteiger partial charge in [0.05, 0.1) is 11.0 Å². The molecule has 21 heavy (non-hydrogen) atoms. The standard InChI is InChI=1S/C13H17FN2O4S/c1-13(2)6-5-10(8-13)15-21(19,20)12-4-3-9(14)7-11(12)16(17)18/h3-4,7,10,15H,5-6,8H2,1-2H3. The third-order valence-corrected chi connectivity index (χ3v) is 5.27. The zero-order valence-corrected chi connectivity index (χ0v) is 12.6. The normalized spacial score (nSPS) is 21.4. The predicted octanol–water partition coefficient (Wildman–Crippen LogP) is 2.59. The lowest BCUT2D eigenvalue weighted by molar-refractivity contribution is -0.388. The topological polar surface area (TPSA) is 89.3 Å². The maximum Gasteiger partial charge on any atom is 0.292 e. The van der Waals surface area contributed by atoms with Crippen molar-refractivity contribution in [2.24, 2.45) is 5.41 Å². The summed E-state index contributed by atoms with van der Waals surface area (Å²) in [6.07, 6.45) is 2.23. The summed E-state index contributed by atoms with van der Waals surface area (Å²) in [5.74, 6) is -0.845. The van der Waals surface area contributed by atoms with Crippen molar-refractivity contribution in [3.63, 3.8) is 0 Å². The third-order valence-electron chi connectivity index (χ3n) is 3.70. The molecule has 0 aromatic heterocycles. The van der Waals surface area contributed by atoms with Crippen LogP contribution in [0.1, 0.15) is 33.1 Å². The highest BCUT2D eigenvalue weighted by atomic mass is 32.2. The largest absolute Gasteiger partial charge is 0.292 e. The van der Waals surface area contributed by atoms with Crippen molar-refractivity contribution in [1.82, 2.24) is 4.72 Å². The van der Waals surface area contributed by atoms with Crippen LogP contribution in [0.5, 0.6) is 0 Å². The molecule has 116 valence electrons. The molecule has 1 aliphatic rings. The second kappa shape index (κ2) is 5.34. The zero-order chi connectivity index (χ0) is 15.8. The minimum absolute atomic E-state index is 0.0436. The molecule has 0 bridgehead atoms. The van der Waals surface area contributed by atoms with Gasteiger partial charge in [-0.25, -0.2) is 17.5 Å². The number of nitro benzene ring substituents is 1. The molecular formula is C13H17FN2O4S. The molecule has 1 saturated carbocycles. The Hall–Kier alpha value is -1.54. The Morgan fingerprint density at radius 3 is 2.62 bits per heavy atom. The van der Waals surface area contributed by atoms with Crippen LogP contribution in [0.25, 0.3) is 0 Å². The van der Waals surface area contributed by atoms with Crippen LogP contribution < -0.4 is 4.72 Å². The van der Waals surface area contributed by atoms with E-state index in [0.29, 0.717) is 18.9 Å². The van der Waals surface area contributed by atoms with Gasteiger partial charge in [0.25, 0.3) is 5.69 Å². The Morgan fingerprint density at radius 1 is 1.43 bits per heavy atom. The molecule has 0 heterocycles. The third kappa shape index (κ3) is 3.56. The molecule has 0 saturated heterocycles. The van der Waals surface area contributed by atoms with Crippen LogP contribution in [0.4, 0.5) is 10.1 Å². The van der Waals surface area contributed by atoms with Crippen molar-refractivity contribution in [1.29, 1.82) is 0 Å². The summed E-state index contributed by atoms with van der Waals surface area (Å²) in [5.41, 5.74) is -0.707. The van der Waals surface area contributed by atoms with Gasteiger partial charge in [-0.2, -0.15) is 0 Å². The number of sulfonamides is 1. The molecule has 1 aromatic carbocycles. The molecule has 1 aliphatic carbocycles. The smallest absolute Gasteiger partial charge is 0.258 e. The summed E-state index contributed by atoms with van der Waals surface area (Å²) in [4.78, 5) is 9.51. The number of hydrogen-bond acceptors (Lipinski definition) is 4. The van der Waals surface area contributed by atoms with Gasteiger partial charge in [0, 0.05) is 6.04 Å². The lowest BCUT2D eigenvalue weighted by Gasteiger charge is -2.17. The molecular weight excluding hydrogens is 299 g/mol. The van der Waals surface area contributed by atoms with Crippen molar-refractivity contribution >= 4 is 15.7 Å². The molecule has 1 N–H and O–H groups in total. The fraction of sp³-hybridized carbons (Fsp3) is 0.538. The average molecular weight is 316 g/mol. The average Bonchev–Trinajstić information content (AvgIpc) is 2.67. The summed E-state index contributed by atoms with van der Waals surface area (Å²) in [6.45, 7) is 4.09. The van der Waals surface area contributed by atoms with Crippen LogP contribution in [0, 0.1) is 21.3 Å². The Morgan fingerprint density at radius 2 is 2.10 bits per heavy atom. The Balaban J connectivity index is 2.30. The maximum atomic E-state index is 13.1. The van der Waals surface area contributed by atoms with Crippen molar-refractivity contribution < 1.29 is 17.7 Å². The molecule has 1 aromatic rings. The molecule has 0 aliphatic heterocycles. The Labute approximate surface area is 122 Å². The van der Waals surface area contributed by atoms with E-state index in [1.165, 1.54) is 0 Å². The Bertz CT molecular complexity index is 673. The van der Waals surface area contributed by atoms with Gasteiger partial charge in [0.2, 0.25) is 10.0 Å². The minimum Gasteiger partial charge on any atom is -0.258 e. The number of nitro groups is 1. The van der Waals surface area contributed by atoms with Gasteiger partial charge in [0.15, 0.2) is 4.90 Å². The van der Waals surface area contributed by atoms with Crippen molar-refractivity contribution in [3.8, 4) is 0 Å². The van der Waals surface area contributed by atoms with E-state index in [1.54, 1.807) is 0 Å². The van der Waals surface area contributed by atoms with Gasteiger partial charge >= 0.3 is 0 Å². The van der Waals surface area contributed by atoms with Crippen molar-refractivity contribution in [2.45, 2.75) is 44.0 Å². The first kappa shape index (κ1) is 15.8. The van der Waals surface area contributed by atoms with Gasteiger partial charge in [-0.15, -0.1) is 0 Å². The summed E-state index contributed by atoms with van der Waals surface area (Å²) in [7, 11) is -4.04. The highest BCUT2D eigenvalue weighted by molar-refractivity contribution is 7.89. The number of halogens is 1. The molecule has 0 spiro atoms. The van der Waals surface area contributed by atoms with E-state index >= 15 is 0 Å². The van der Waals surface area contributed by atoms with Gasteiger partial charge in [-0.3, -0.25) is 10.1 Å². The second-order valence-corrected chi connectivity index (χ2v) is 7.78. The zero-order valence-electron chi connectivity index (χ0n) is 11.8. The minimum atomic E-state index is -4.04. The van der Waals surface area contributed by atoms with Crippen LogP contribution in [0.2, 0.25) is 0 Å². The first-order chi connectivity index (χ1) is 9.61. The second-order valence-electron chi connectivity index (χ2n) is 6.09. The summed E-state index contributed by atoms with van der Waals surface area (Å²) in [6, 6.07) is 2.19. The van der Waals surface area contributed by atoms with Gasteiger partial charge in [-0.1, -0.05) is 13.8 Å². The highest BCUT2D eigenvalue weighted by Crippen LogP contribution is 2.37. The van der Waals surface area contributed by atoms with E-state index in [1.807, 2.05) is 13.8 Å². The number of hydrogen-bond donors (Lipinski definition) is 1. The number of nitrogens with one attached hydrogen (secondary N) is 1. The molecule has 8 heteroatoms. The Kier molecular flexibility index (Phi) is 4.03. The van der Waals surface area contributed by atoms with Crippen LogP contribution in [0.3, 0.4) is 0 Å². The predicted molar refractivity (Wildman–Crippen MR) is 74.8 cm³/mol. The van der Waals surface area contributed by atoms with E-state index in [-0.39, 0.29) is 11.5 Å². The number of benzene rings is 1. The van der Waals surface area contributed by atoms with E-state index < -0.39 is 31.3 Å². The van der Waals surface area contributed by atoms with Crippen LogP contribution in [0.15, 0.2) is 23.1 Å². The summed E-state index contributed by atoms with van der Waals surface area (Å²) >= 11 is 0. The molecule has 1 unspecified atom stereocenters. The SMILES string of the molecule is CC1(C)CCC(NS(=O)(=O)c2ccc(F)cc2[N+](=O)[O-])C1. The monoisotopic (exact) mass is 316 g/mol. The molecule has 0 radical (unpaired) electrons. The lowest BCUT2D eigenvalue weighted by Crippen LogP contribution is -2.33. The van der Waals surface area contributed by atoms with Crippen LogP contribution in [-0.4, -0.2) is 19.4 Å². The fourth-order valence-corrected chi connectivity index (χ4v) is 4.10. The van der Waals surface area contributed by atoms with E-state index in [0.717, 1.165) is 18.6 Å². The highest BCUT2D eigenvalue weighted by Gasteiger charge is 2.35. The van der Waals surface area contributed by atoms with E-state index in [9.17, 15) is 22.9 Å². The van der Waals surface area contributed by atoms with E-state index in [2.05, 4.69) is 4.72 Å². The molecule has 2 rings (SSSR count). The lowest BCUT2D eigenvalue weighted by atomic mass is 9.92. The first-order valence-corrected chi connectivity index (χ1v) is 8.05. The summed E-state index contributed by atoms with van der Waals surface area (Å²) < 4.78 is 40.2. The van der Waals surface area contributed by atoms with Crippen LogP contribution >= 0.6 is 0 Å². The van der Waals surface area contributed by atoms with Crippen molar-refractivity contribution in [3.05, 3.63) is 34.1 Å². The van der Waals surface area contributed by atoms with E-state index in [4.69, 9.17) is 0 Å². The molecule has 6 nitrogen and oxygen atoms in total. The van der Waals surface area contributed by atoms with Gasteiger partial charge in [0.1, 0.15) is 5.82 Å². The first-order valence-electron chi connectivity index (χ1n) is 6.57. The van der Waals surface area contributed by atoms with Gasteiger partial charge in [-0.05, 0) is 36.8 Å². The maximum absolute atomic E-state index is 13.1. The quantitative estimate of drug-likeness (QED) is 0.683. The van der Waals surface area contributed by atoms with Gasteiger partial charge < -0.3 is 0 Å². The molecule has 0 amide bonds. The number of nitrogens with zero attached hydrogens (tertiary/aromatic N) is 1. The molecule has 1 fully saturated rings. The summed E-state index contributed by atoms with van der Waals surface area (Å²) in [5, 5.41) is 10.9. The fourth-order valence-electron chi connectivity index (χ4n) is 2.68. The molecule has 1 atom stereocenters.